The molecule has 3 nitrogen and oxygen atoms in total. The summed E-state index contributed by atoms with van der Waals surface area (Å²) in [6.07, 6.45) is -5.25. The highest BCUT2D eigenvalue weighted by molar-refractivity contribution is 4.68. The van der Waals surface area contributed by atoms with E-state index >= 15 is 0 Å². The van der Waals surface area contributed by atoms with Crippen molar-refractivity contribution in [3.63, 3.8) is 0 Å². The number of halogens is 3. The highest BCUT2D eigenvalue weighted by Crippen LogP contribution is 2.15. The predicted molar refractivity (Wildman–Crippen MR) is 43.3 cm³/mol. The number of fused-ring (bicyclic) bond motifs is 3. The van der Waals surface area contributed by atoms with Crippen LogP contribution in [0.1, 0.15) is 0 Å². The molecule has 0 aromatic carbocycles. The van der Waals surface area contributed by atoms with Crippen LogP contribution in [-0.2, 0) is 0 Å². The molecule has 0 spiro atoms. The summed E-state index contributed by atoms with van der Waals surface area (Å²) in [5.41, 5.74) is 0. The van der Waals surface area contributed by atoms with Crippen molar-refractivity contribution in [1.82, 2.24) is 4.90 Å². The van der Waals surface area contributed by atoms with Crippen LogP contribution in [0.4, 0.5) is 13.2 Å². The molecule has 2 bridgehead atoms. The normalized spacial score (nSPS) is 36.2. The minimum Gasteiger partial charge on any atom is -0.771 e. The highest BCUT2D eigenvalue weighted by Gasteiger charge is 2.34. The summed E-state index contributed by atoms with van der Waals surface area (Å²) in [6.45, 7) is 8.20. The van der Waals surface area contributed by atoms with E-state index in [2.05, 4.69) is 11.9 Å². The quantitative estimate of drug-likeness (QED) is 0.512. The Morgan fingerprint density at radius 3 is 1.50 bits per heavy atom. The summed E-state index contributed by atoms with van der Waals surface area (Å²) in [5, 5.41) is 8.10. The molecule has 14 heavy (non-hydrogen) atoms. The zero-order chi connectivity index (χ0) is 10.8. The van der Waals surface area contributed by atoms with Gasteiger partial charge < -0.3 is 9.59 Å². The monoisotopic (exact) mass is 212 g/mol. The minimum atomic E-state index is -5.25. The third-order valence-corrected chi connectivity index (χ3v) is 2.87. The van der Waals surface area contributed by atoms with E-state index in [9.17, 15) is 13.2 Å². The van der Waals surface area contributed by atoms with Gasteiger partial charge in [0.15, 0.2) is 0 Å². The maximum atomic E-state index is 9.80. The molecular weight excluding hydrogens is 197 g/mol. The van der Waals surface area contributed by atoms with Gasteiger partial charge in [0.2, 0.25) is 0 Å². The average Bonchev–Trinajstić information content (AvgIpc) is 2.02. The predicted octanol–water partition coefficient (Wildman–Crippen LogP) is -0.371. The molecule has 0 amide bonds. The Morgan fingerprint density at radius 2 is 1.36 bits per heavy atom. The van der Waals surface area contributed by atoms with E-state index in [0.29, 0.717) is 0 Å². The summed E-state index contributed by atoms with van der Waals surface area (Å²) in [6, 6.07) is 0. The molecule has 3 rings (SSSR count). The van der Waals surface area contributed by atoms with E-state index in [1.54, 1.807) is 0 Å². The first-order valence-electron chi connectivity index (χ1n) is 4.62. The van der Waals surface area contributed by atoms with E-state index in [1.165, 1.54) is 43.8 Å². The van der Waals surface area contributed by atoms with Gasteiger partial charge >= 0.3 is 6.36 Å². The molecule has 0 N–H and O–H groups in total. The van der Waals surface area contributed by atoms with Crippen molar-refractivity contribution in [1.29, 1.82) is 0 Å². The summed E-state index contributed by atoms with van der Waals surface area (Å²) in [5.74, 6) is 0. The topological polar surface area (TPSA) is 26.3 Å². The van der Waals surface area contributed by atoms with E-state index in [0.717, 1.165) is 0 Å². The zero-order valence-corrected chi connectivity index (χ0v) is 8.18. The molecule has 0 aromatic heterocycles. The maximum Gasteiger partial charge on any atom is 0.331 e. The van der Waals surface area contributed by atoms with Crippen LogP contribution in [0.25, 0.3) is 0 Å². The second-order valence-electron chi connectivity index (χ2n) is 4.08. The first-order valence-corrected chi connectivity index (χ1v) is 4.62. The van der Waals surface area contributed by atoms with E-state index < -0.39 is 6.36 Å². The van der Waals surface area contributed by atoms with Crippen molar-refractivity contribution >= 4 is 0 Å². The summed E-state index contributed by atoms with van der Waals surface area (Å²) >= 11 is 0. The fraction of sp³-hybridized carbons (Fsp3) is 1.00. The summed E-state index contributed by atoms with van der Waals surface area (Å²) in [4.78, 5) is 2.57. The molecule has 3 fully saturated rings. The van der Waals surface area contributed by atoms with Gasteiger partial charge in [-0.1, -0.05) is 0 Å². The molecule has 3 aliphatic rings. The van der Waals surface area contributed by atoms with Crippen LogP contribution in [0.2, 0.25) is 0 Å². The molecule has 3 aliphatic heterocycles. The molecule has 3 saturated heterocycles. The Bertz CT molecular complexity index is 168. The van der Waals surface area contributed by atoms with Gasteiger partial charge in [-0.25, -0.2) is 0 Å². The lowest BCUT2D eigenvalue weighted by Gasteiger charge is -2.48. The lowest BCUT2D eigenvalue weighted by molar-refractivity contribution is -0.922. The van der Waals surface area contributed by atoms with Crippen LogP contribution in [0.3, 0.4) is 0 Å². The van der Waals surface area contributed by atoms with E-state index in [1.807, 2.05) is 0 Å². The third kappa shape index (κ3) is 4.26. The second kappa shape index (κ2) is 4.04. The fourth-order valence-corrected chi connectivity index (χ4v) is 1.82. The van der Waals surface area contributed by atoms with Gasteiger partial charge in [0.25, 0.3) is 0 Å². The molecule has 0 saturated carbocycles. The standard InChI is InChI=1S/C7H15N2.CF3O/c1-9-5-2-8(3-6-9)4-7-9;2-1(3,4)5/h2-7H2,1H3;/q+1;-1. The van der Waals surface area contributed by atoms with Crippen molar-refractivity contribution in [2.75, 3.05) is 46.3 Å². The van der Waals surface area contributed by atoms with Gasteiger partial charge in [0.1, 0.15) is 0 Å². The van der Waals surface area contributed by atoms with Crippen molar-refractivity contribution in [3.8, 4) is 0 Å². The van der Waals surface area contributed by atoms with Crippen LogP contribution in [-0.4, -0.2) is 62.1 Å². The molecule has 0 unspecified atom stereocenters. The number of quaternary nitrogens is 1. The molecular formula is C8H15F3N2O. The molecule has 6 heteroatoms. The smallest absolute Gasteiger partial charge is 0.331 e. The molecule has 0 radical (unpaired) electrons. The number of nitrogens with zero attached hydrogens (tertiary/aromatic N) is 2. The summed E-state index contributed by atoms with van der Waals surface area (Å²) in [7, 11) is 2.39. The van der Waals surface area contributed by atoms with Crippen LogP contribution in [0, 0.1) is 0 Å². The third-order valence-electron chi connectivity index (χ3n) is 2.87. The molecule has 3 heterocycles. The van der Waals surface area contributed by atoms with E-state index in [-0.39, 0.29) is 0 Å². The Balaban J connectivity index is 0.000000171. The second-order valence-corrected chi connectivity index (χ2v) is 4.08. The number of piperazine rings is 3. The Hall–Kier alpha value is -0.330. The lowest BCUT2D eigenvalue weighted by Crippen LogP contribution is -2.65. The van der Waals surface area contributed by atoms with Crippen molar-refractivity contribution in [2.45, 2.75) is 6.36 Å². The highest BCUT2D eigenvalue weighted by atomic mass is 19.4. The van der Waals surface area contributed by atoms with Crippen LogP contribution in [0.15, 0.2) is 0 Å². The van der Waals surface area contributed by atoms with Crippen LogP contribution in [0.5, 0.6) is 0 Å². The molecule has 0 atom stereocenters. The number of rotatable bonds is 0. The van der Waals surface area contributed by atoms with Gasteiger partial charge in [0, 0.05) is 19.6 Å². The number of hydrogen-bond acceptors (Lipinski definition) is 2. The number of hydrogen-bond donors (Lipinski definition) is 0. The van der Waals surface area contributed by atoms with E-state index in [4.69, 9.17) is 5.11 Å². The van der Waals surface area contributed by atoms with Crippen molar-refractivity contribution < 1.29 is 22.8 Å². The Labute approximate surface area is 81.3 Å². The number of likely N-dealkylation sites (N-methyl/N-ethyl adjacent to an activating group) is 1. The van der Waals surface area contributed by atoms with Crippen LogP contribution < -0.4 is 5.11 Å². The van der Waals surface area contributed by atoms with Crippen molar-refractivity contribution in [2.24, 2.45) is 0 Å². The molecule has 0 aliphatic carbocycles. The molecule has 0 aromatic rings. The minimum absolute atomic E-state index is 1.34. The largest absolute Gasteiger partial charge is 0.771 e. The molecule has 84 valence electrons. The van der Waals surface area contributed by atoms with Gasteiger partial charge in [0.05, 0.1) is 26.7 Å². The van der Waals surface area contributed by atoms with Crippen molar-refractivity contribution in [3.05, 3.63) is 0 Å². The Morgan fingerprint density at radius 1 is 1.07 bits per heavy atom. The first kappa shape index (κ1) is 11.7. The Kier molecular flexibility index (Phi) is 3.39. The zero-order valence-electron chi connectivity index (χ0n) is 8.18. The van der Waals surface area contributed by atoms with Gasteiger partial charge in [-0.3, -0.25) is 4.90 Å². The van der Waals surface area contributed by atoms with Crippen LogP contribution >= 0.6 is 0 Å². The fourth-order valence-electron chi connectivity index (χ4n) is 1.82. The number of alkyl halides is 3. The summed E-state index contributed by atoms with van der Waals surface area (Å²) < 4.78 is 30.7. The first-order chi connectivity index (χ1) is 6.29. The van der Waals surface area contributed by atoms with Gasteiger partial charge in [-0.2, -0.15) is 13.2 Å². The maximum absolute atomic E-state index is 9.80. The average molecular weight is 212 g/mol. The SMILES string of the molecule is C[N+]12CCN(CC1)CC2.[O-]C(F)(F)F. The lowest BCUT2D eigenvalue weighted by atomic mass is 10.2. The van der Waals surface area contributed by atoms with Gasteiger partial charge in [-0.15, -0.1) is 0 Å². The van der Waals surface area contributed by atoms with Gasteiger partial charge in [-0.05, 0) is 0 Å².